The molecule has 1 atom stereocenters. The van der Waals surface area contributed by atoms with E-state index in [1.165, 1.54) is 18.2 Å². The molecule has 0 amide bonds. The Balaban J connectivity index is 2.81. The minimum absolute atomic E-state index is 0.242. The molecule has 0 heterocycles. The molecule has 1 unspecified atom stereocenters. The SMILES string of the molecule is O=P(O)(O)OP(=O)(O)Oc1cccc(O)c1. The van der Waals surface area contributed by atoms with Gasteiger partial charge in [0.15, 0.2) is 0 Å². The first-order valence-electron chi connectivity index (χ1n) is 3.76. The largest absolute Gasteiger partial charge is 0.536 e. The summed E-state index contributed by atoms with van der Waals surface area (Å²) in [6.07, 6.45) is 0. The second-order valence-corrected chi connectivity index (χ2v) is 5.38. The molecule has 0 spiro atoms. The molecule has 0 saturated heterocycles. The number of phenolic OH excluding ortho intramolecular Hbond substituents is 1. The molecule has 1 aromatic rings. The first-order valence-corrected chi connectivity index (χ1v) is 6.79. The van der Waals surface area contributed by atoms with Gasteiger partial charge in [0, 0.05) is 6.07 Å². The van der Waals surface area contributed by atoms with Crippen molar-refractivity contribution in [2.75, 3.05) is 0 Å². The highest BCUT2D eigenvalue weighted by Gasteiger charge is 2.33. The Hall–Kier alpha value is -0.880. The van der Waals surface area contributed by atoms with Crippen molar-refractivity contribution in [1.82, 2.24) is 0 Å². The highest BCUT2D eigenvalue weighted by atomic mass is 31.3. The van der Waals surface area contributed by atoms with Crippen LogP contribution in [-0.4, -0.2) is 19.8 Å². The molecule has 0 aliphatic heterocycles. The highest BCUT2D eigenvalue weighted by Crippen LogP contribution is 2.57. The summed E-state index contributed by atoms with van der Waals surface area (Å²) in [6, 6.07) is 4.76. The molecule has 0 aliphatic rings. The molecule has 0 saturated carbocycles. The average Bonchev–Trinajstić information content (AvgIpc) is 1.96. The van der Waals surface area contributed by atoms with Crippen LogP contribution >= 0.6 is 15.6 Å². The van der Waals surface area contributed by atoms with E-state index in [4.69, 9.17) is 19.8 Å². The van der Waals surface area contributed by atoms with E-state index in [0.717, 1.165) is 6.07 Å². The maximum absolute atomic E-state index is 11.0. The van der Waals surface area contributed by atoms with Crippen molar-refractivity contribution in [2.24, 2.45) is 0 Å². The van der Waals surface area contributed by atoms with Crippen LogP contribution < -0.4 is 4.52 Å². The van der Waals surface area contributed by atoms with E-state index < -0.39 is 15.6 Å². The normalized spacial score (nSPS) is 15.4. The van der Waals surface area contributed by atoms with Gasteiger partial charge in [-0.2, -0.15) is 4.31 Å². The first-order chi connectivity index (χ1) is 7.18. The summed E-state index contributed by atoms with van der Waals surface area (Å²) in [6.45, 7) is 0. The van der Waals surface area contributed by atoms with Crippen molar-refractivity contribution >= 4 is 15.6 Å². The van der Waals surface area contributed by atoms with Crippen LogP contribution in [0.25, 0.3) is 0 Å². The third kappa shape index (κ3) is 4.76. The van der Waals surface area contributed by atoms with Gasteiger partial charge >= 0.3 is 15.6 Å². The summed E-state index contributed by atoms with van der Waals surface area (Å²) in [4.78, 5) is 25.6. The van der Waals surface area contributed by atoms with Gasteiger partial charge in [-0.15, -0.1) is 0 Å². The number of aromatic hydroxyl groups is 1. The average molecular weight is 270 g/mol. The molecule has 0 aromatic heterocycles. The quantitative estimate of drug-likeness (QED) is 0.595. The summed E-state index contributed by atoms with van der Waals surface area (Å²) in [5, 5.41) is 9.00. The Morgan fingerprint density at radius 3 is 2.25 bits per heavy atom. The van der Waals surface area contributed by atoms with Crippen LogP contribution in [0.5, 0.6) is 11.5 Å². The van der Waals surface area contributed by atoms with E-state index in [1.54, 1.807) is 0 Å². The molecule has 4 N–H and O–H groups in total. The van der Waals surface area contributed by atoms with Crippen LogP contribution in [0, 0.1) is 0 Å². The first kappa shape index (κ1) is 13.2. The van der Waals surface area contributed by atoms with Crippen molar-refractivity contribution in [3.63, 3.8) is 0 Å². The molecule has 0 radical (unpaired) electrons. The number of phenols is 1. The van der Waals surface area contributed by atoms with Crippen LogP contribution in [0.3, 0.4) is 0 Å². The highest BCUT2D eigenvalue weighted by molar-refractivity contribution is 7.60. The number of phosphoric ester groups is 1. The van der Waals surface area contributed by atoms with Gasteiger partial charge in [0.2, 0.25) is 0 Å². The molecule has 16 heavy (non-hydrogen) atoms. The lowest BCUT2D eigenvalue weighted by atomic mass is 10.3. The predicted octanol–water partition coefficient (Wildman–Crippen LogP) is 0.981. The fourth-order valence-electron chi connectivity index (χ4n) is 0.825. The van der Waals surface area contributed by atoms with Gasteiger partial charge in [0.1, 0.15) is 11.5 Å². The summed E-state index contributed by atoms with van der Waals surface area (Å²) < 4.78 is 29.2. The van der Waals surface area contributed by atoms with E-state index in [-0.39, 0.29) is 11.5 Å². The lowest BCUT2D eigenvalue weighted by Gasteiger charge is -2.12. The van der Waals surface area contributed by atoms with Crippen molar-refractivity contribution < 1.29 is 37.8 Å². The minimum atomic E-state index is -5.14. The third-order valence-corrected chi connectivity index (χ3v) is 3.37. The minimum Gasteiger partial charge on any atom is -0.508 e. The zero-order valence-corrected chi connectivity index (χ0v) is 9.41. The van der Waals surface area contributed by atoms with Gasteiger partial charge in [0.25, 0.3) is 0 Å². The Morgan fingerprint density at radius 2 is 1.75 bits per heavy atom. The summed E-state index contributed by atoms with van der Waals surface area (Å²) in [7, 11) is -10.1. The molecular formula is C6H8O8P2. The molecule has 0 aliphatic carbocycles. The molecule has 1 aromatic carbocycles. The fraction of sp³-hybridized carbons (Fsp3) is 0. The Morgan fingerprint density at radius 1 is 1.12 bits per heavy atom. The molecule has 8 nitrogen and oxygen atoms in total. The van der Waals surface area contributed by atoms with Gasteiger partial charge in [-0.25, -0.2) is 9.13 Å². The zero-order chi connectivity index (χ0) is 12.4. The van der Waals surface area contributed by atoms with Crippen LogP contribution in [0.4, 0.5) is 0 Å². The fourth-order valence-corrected chi connectivity index (χ4v) is 2.41. The molecule has 0 bridgehead atoms. The van der Waals surface area contributed by atoms with E-state index >= 15 is 0 Å². The lowest BCUT2D eigenvalue weighted by molar-refractivity contribution is 0.229. The van der Waals surface area contributed by atoms with Gasteiger partial charge in [-0.3, -0.25) is 4.89 Å². The van der Waals surface area contributed by atoms with Crippen molar-refractivity contribution in [1.29, 1.82) is 0 Å². The van der Waals surface area contributed by atoms with Crippen LogP contribution in [-0.2, 0) is 13.4 Å². The van der Waals surface area contributed by atoms with Gasteiger partial charge in [-0.05, 0) is 12.1 Å². The van der Waals surface area contributed by atoms with Crippen LogP contribution in [0.2, 0.25) is 0 Å². The Bertz CT molecular complexity index is 465. The molecule has 1 rings (SSSR count). The smallest absolute Gasteiger partial charge is 0.508 e. The Labute approximate surface area is 89.9 Å². The number of hydrogen-bond acceptors (Lipinski definition) is 5. The van der Waals surface area contributed by atoms with Gasteiger partial charge < -0.3 is 19.4 Å². The van der Waals surface area contributed by atoms with Crippen LogP contribution in [0.15, 0.2) is 24.3 Å². The number of hydrogen-bond donors (Lipinski definition) is 4. The maximum atomic E-state index is 11.0. The lowest BCUT2D eigenvalue weighted by Crippen LogP contribution is -1.95. The number of phosphoric acid groups is 2. The summed E-state index contributed by atoms with van der Waals surface area (Å²) in [5.41, 5.74) is 0. The Kier molecular flexibility index (Phi) is 3.75. The van der Waals surface area contributed by atoms with E-state index in [1.807, 2.05) is 0 Å². The summed E-state index contributed by atoms with van der Waals surface area (Å²) in [5.74, 6) is -0.507. The predicted molar refractivity (Wildman–Crippen MR) is 51.7 cm³/mol. The van der Waals surface area contributed by atoms with Crippen molar-refractivity contribution in [3.05, 3.63) is 24.3 Å². The van der Waals surface area contributed by atoms with E-state index in [0.29, 0.717) is 0 Å². The molecular weight excluding hydrogens is 262 g/mol. The van der Waals surface area contributed by atoms with Gasteiger partial charge in [-0.1, -0.05) is 6.07 Å². The number of rotatable bonds is 4. The second-order valence-electron chi connectivity index (χ2n) is 2.63. The number of benzene rings is 1. The van der Waals surface area contributed by atoms with Crippen molar-refractivity contribution in [2.45, 2.75) is 0 Å². The molecule has 0 fully saturated rings. The topological polar surface area (TPSA) is 134 Å². The molecule has 90 valence electrons. The zero-order valence-electron chi connectivity index (χ0n) is 7.63. The molecule has 10 heteroatoms. The standard InChI is InChI=1S/C6H8O8P2/c7-5-2-1-3-6(4-5)13-16(11,12)14-15(8,9)10/h1-4,7H,(H,11,12)(H2,8,9,10). The van der Waals surface area contributed by atoms with E-state index in [9.17, 15) is 9.13 Å². The summed E-state index contributed by atoms with van der Waals surface area (Å²) >= 11 is 0. The van der Waals surface area contributed by atoms with Gasteiger partial charge in [0.05, 0.1) is 0 Å². The maximum Gasteiger partial charge on any atom is 0.536 e. The van der Waals surface area contributed by atoms with Crippen molar-refractivity contribution in [3.8, 4) is 11.5 Å². The second kappa shape index (κ2) is 4.55. The monoisotopic (exact) mass is 270 g/mol. The van der Waals surface area contributed by atoms with E-state index in [2.05, 4.69) is 8.83 Å². The third-order valence-electron chi connectivity index (χ3n) is 1.25. The van der Waals surface area contributed by atoms with Crippen LogP contribution in [0.1, 0.15) is 0 Å².